The fraction of sp³-hybridized carbons (Fsp3) is 1.00. The minimum absolute atomic E-state index is 0.0531. The SMILES string of the molecule is CC1CNCCN(C2CCOC2)S1(=O)=O. The average Bonchev–Trinajstić information content (AvgIpc) is 2.65. The van der Waals surface area contributed by atoms with E-state index in [1.807, 2.05) is 0 Å². The van der Waals surface area contributed by atoms with Crippen LogP contribution in [-0.2, 0) is 14.8 Å². The first kappa shape index (κ1) is 11.3. The monoisotopic (exact) mass is 234 g/mol. The van der Waals surface area contributed by atoms with Crippen molar-refractivity contribution in [3.05, 3.63) is 0 Å². The lowest BCUT2D eigenvalue weighted by atomic mass is 10.2. The molecule has 0 aliphatic carbocycles. The second-order valence-electron chi connectivity index (χ2n) is 4.19. The third kappa shape index (κ3) is 2.18. The number of nitrogens with one attached hydrogen (secondary N) is 1. The van der Waals surface area contributed by atoms with Gasteiger partial charge in [-0.15, -0.1) is 0 Å². The van der Waals surface area contributed by atoms with E-state index in [4.69, 9.17) is 4.74 Å². The topological polar surface area (TPSA) is 58.6 Å². The van der Waals surface area contributed by atoms with E-state index in [1.54, 1.807) is 11.2 Å². The lowest BCUT2D eigenvalue weighted by Gasteiger charge is -2.26. The minimum Gasteiger partial charge on any atom is -0.380 e. The summed E-state index contributed by atoms with van der Waals surface area (Å²) in [6, 6.07) is 0.0531. The summed E-state index contributed by atoms with van der Waals surface area (Å²) >= 11 is 0. The molecule has 2 aliphatic rings. The van der Waals surface area contributed by atoms with Gasteiger partial charge in [0.1, 0.15) is 0 Å². The van der Waals surface area contributed by atoms with Gasteiger partial charge >= 0.3 is 0 Å². The van der Waals surface area contributed by atoms with Crippen molar-refractivity contribution in [1.82, 2.24) is 9.62 Å². The van der Waals surface area contributed by atoms with Gasteiger partial charge in [-0.05, 0) is 13.3 Å². The molecule has 2 fully saturated rings. The van der Waals surface area contributed by atoms with Gasteiger partial charge in [0.2, 0.25) is 10.0 Å². The molecule has 0 spiro atoms. The lowest BCUT2D eigenvalue weighted by Crippen LogP contribution is -2.44. The Morgan fingerprint density at radius 3 is 2.93 bits per heavy atom. The van der Waals surface area contributed by atoms with E-state index in [9.17, 15) is 8.42 Å². The Morgan fingerprint density at radius 1 is 1.47 bits per heavy atom. The molecular formula is C9H18N2O3S. The fourth-order valence-electron chi connectivity index (χ4n) is 2.10. The highest BCUT2D eigenvalue weighted by Gasteiger charge is 2.37. The molecule has 6 heteroatoms. The summed E-state index contributed by atoms with van der Waals surface area (Å²) in [4.78, 5) is 0. The van der Waals surface area contributed by atoms with Crippen LogP contribution in [0.5, 0.6) is 0 Å². The van der Waals surface area contributed by atoms with Crippen LogP contribution >= 0.6 is 0 Å². The van der Waals surface area contributed by atoms with Crippen molar-refractivity contribution in [2.75, 3.05) is 32.8 Å². The van der Waals surface area contributed by atoms with Crippen molar-refractivity contribution < 1.29 is 13.2 Å². The molecule has 2 unspecified atom stereocenters. The maximum absolute atomic E-state index is 12.2. The molecular weight excluding hydrogens is 216 g/mol. The standard InChI is InChI=1S/C9H18N2O3S/c1-8-6-10-3-4-11(15(8,12)13)9-2-5-14-7-9/h8-10H,2-7H2,1H3. The van der Waals surface area contributed by atoms with E-state index in [0.717, 1.165) is 13.0 Å². The summed E-state index contributed by atoms with van der Waals surface area (Å²) in [5, 5.41) is 2.81. The zero-order chi connectivity index (χ0) is 10.9. The van der Waals surface area contributed by atoms with Gasteiger partial charge in [-0.1, -0.05) is 0 Å². The average molecular weight is 234 g/mol. The van der Waals surface area contributed by atoms with Crippen molar-refractivity contribution in [1.29, 1.82) is 0 Å². The van der Waals surface area contributed by atoms with Crippen LogP contribution in [0.3, 0.4) is 0 Å². The van der Waals surface area contributed by atoms with E-state index < -0.39 is 10.0 Å². The minimum atomic E-state index is -3.13. The number of ether oxygens (including phenoxy) is 1. The molecule has 0 bridgehead atoms. The first-order valence-electron chi connectivity index (χ1n) is 5.41. The summed E-state index contributed by atoms with van der Waals surface area (Å²) < 4.78 is 31.2. The van der Waals surface area contributed by atoms with Crippen LogP contribution in [0, 0.1) is 0 Å². The van der Waals surface area contributed by atoms with E-state index in [-0.39, 0.29) is 11.3 Å². The molecule has 0 radical (unpaired) electrons. The molecule has 5 nitrogen and oxygen atoms in total. The maximum atomic E-state index is 12.2. The highest BCUT2D eigenvalue weighted by atomic mass is 32.2. The first-order valence-corrected chi connectivity index (χ1v) is 6.92. The van der Waals surface area contributed by atoms with Crippen LogP contribution in [0.2, 0.25) is 0 Å². The van der Waals surface area contributed by atoms with Crippen LogP contribution in [0.25, 0.3) is 0 Å². The fourth-order valence-corrected chi connectivity index (χ4v) is 3.82. The van der Waals surface area contributed by atoms with Gasteiger partial charge in [-0.3, -0.25) is 0 Å². The molecule has 0 amide bonds. The Kier molecular flexibility index (Phi) is 3.30. The van der Waals surface area contributed by atoms with Crippen LogP contribution < -0.4 is 5.32 Å². The van der Waals surface area contributed by atoms with Gasteiger partial charge < -0.3 is 10.1 Å². The van der Waals surface area contributed by atoms with Crippen molar-refractivity contribution in [2.24, 2.45) is 0 Å². The molecule has 2 atom stereocenters. The number of nitrogens with zero attached hydrogens (tertiary/aromatic N) is 1. The number of sulfonamides is 1. The zero-order valence-electron chi connectivity index (χ0n) is 8.98. The Hall–Kier alpha value is -0.170. The lowest BCUT2D eigenvalue weighted by molar-refractivity contribution is 0.176. The number of hydrogen-bond donors (Lipinski definition) is 1. The normalized spacial score (nSPS) is 37.7. The molecule has 0 saturated carbocycles. The molecule has 2 heterocycles. The highest BCUT2D eigenvalue weighted by molar-refractivity contribution is 7.89. The molecule has 2 aliphatic heterocycles. The molecule has 2 rings (SSSR count). The zero-order valence-corrected chi connectivity index (χ0v) is 9.79. The van der Waals surface area contributed by atoms with Crippen LogP contribution in [0.1, 0.15) is 13.3 Å². The maximum Gasteiger partial charge on any atom is 0.218 e. The molecule has 1 N–H and O–H groups in total. The first-order chi connectivity index (χ1) is 7.12. The van der Waals surface area contributed by atoms with Gasteiger partial charge in [0.15, 0.2) is 0 Å². The molecule has 0 aromatic rings. The van der Waals surface area contributed by atoms with Crippen molar-refractivity contribution >= 4 is 10.0 Å². The predicted molar refractivity (Wildman–Crippen MR) is 57.2 cm³/mol. The summed E-state index contributed by atoms with van der Waals surface area (Å²) in [6.07, 6.45) is 0.825. The van der Waals surface area contributed by atoms with Crippen molar-refractivity contribution in [3.63, 3.8) is 0 Å². The van der Waals surface area contributed by atoms with E-state index in [0.29, 0.717) is 26.3 Å². The van der Waals surface area contributed by atoms with Gasteiger partial charge in [0.05, 0.1) is 17.9 Å². The van der Waals surface area contributed by atoms with Gasteiger partial charge in [-0.25, -0.2) is 8.42 Å². The predicted octanol–water partition coefficient (Wildman–Crippen LogP) is -0.601. The summed E-state index contributed by atoms with van der Waals surface area (Å²) in [7, 11) is -3.13. The molecule has 15 heavy (non-hydrogen) atoms. The van der Waals surface area contributed by atoms with Crippen molar-refractivity contribution in [3.8, 4) is 0 Å². The Labute approximate surface area is 90.8 Å². The van der Waals surface area contributed by atoms with Crippen LogP contribution in [0.4, 0.5) is 0 Å². The summed E-state index contributed by atoms with van der Waals surface area (Å²) in [5.41, 5.74) is 0. The van der Waals surface area contributed by atoms with Crippen molar-refractivity contribution in [2.45, 2.75) is 24.6 Å². The third-order valence-electron chi connectivity index (χ3n) is 3.09. The summed E-state index contributed by atoms with van der Waals surface area (Å²) in [5.74, 6) is 0. The molecule has 0 aromatic carbocycles. The Balaban J connectivity index is 2.19. The van der Waals surface area contributed by atoms with Gasteiger partial charge in [-0.2, -0.15) is 4.31 Å². The molecule has 0 aromatic heterocycles. The Bertz CT molecular complexity index is 311. The van der Waals surface area contributed by atoms with Gasteiger partial charge in [0.25, 0.3) is 0 Å². The van der Waals surface area contributed by atoms with Crippen LogP contribution in [0.15, 0.2) is 0 Å². The van der Waals surface area contributed by atoms with Gasteiger partial charge in [0, 0.05) is 26.2 Å². The highest BCUT2D eigenvalue weighted by Crippen LogP contribution is 2.20. The molecule has 2 saturated heterocycles. The molecule has 88 valence electrons. The second-order valence-corrected chi connectivity index (χ2v) is 6.49. The quantitative estimate of drug-likeness (QED) is 0.658. The van der Waals surface area contributed by atoms with E-state index in [1.165, 1.54) is 0 Å². The summed E-state index contributed by atoms with van der Waals surface area (Å²) in [6.45, 7) is 4.84. The largest absolute Gasteiger partial charge is 0.380 e. The number of hydrogen-bond acceptors (Lipinski definition) is 4. The number of rotatable bonds is 1. The van der Waals surface area contributed by atoms with Crippen LogP contribution in [-0.4, -0.2) is 56.9 Å². The van der Waals surface area contributed by atoms with E-state index >= 15 is 0 Å². The Morgan fingerprint density at radius 2 is 2.27 bits per heavy atom. The second kappa shape index (κ2) is 4.37. The van der Waals surface area contributed by atoms with E-state index in [2.05, 4.69) is 5.32 Å². The smallest absolute Gasteiger partial charge is 0.218 e. The third-order valence-corrected chi connectivity index (χ3v) is 5.41.